The summed E-state index contributed by atoms with van der Waals surface area (Å²) >= 11 is 0. The Bertz CT molecular complexity index is 2000. The van der Waals surface area contributed by atoms with Crippen molar-refractivity contribution >= 4 is 5.57 Å². The van der Waals surface area contributed by atoms with Crippen molar-refractivity contribution in [2.75, 3.05) is 0 Å². The maximum absolute atomic E-state index is 14.4. The summed E-state index contributed by atoms with van der Waals surface area (Å²) in [5.41, 5.74) is -3.27. The molecule has 5 rings (SSSR count). The van der Waals surface area contributed by atoms with E-state index in [9.17, 15) is 49.2 Å². The van der Waals surface area contributed by atoms with Gasteiger partial charge in [0, 0.05) is 11.1 Å². The third kappa shape index (κ3) is 5.46. The van der Waals surface area contributed by atoms with Gasteiger partial charge in [0.2, 0.25) is 0 Å². The molecule has 0 atom stereocenters. The number of hydrogen-bond donors (Lipinski definition) is 0. The van der Waals surface area contributed by atoms with Crippen LogP contribution in [0, 0.1) is 55.0 Å². The zero-order valence-electron chi connectivity index (χ0n) is 22.7. The van der Waals surface area contributed by atoms with Gasteiger partial charge in [0.15, 0.2) is 23.3 Å². The molecule has 0 aromatic heterocycles. The van der Waals surface area contributed by atoms with Gasteiger partial charge in [-0.1, -0.05) is 6.07 Å². The highest BCUT2D eigenvalue weighted by Crippen LogP contribution is 2.52. The highest BCUT2D eigenvalue weighted by Gasteiger charge is 2.38. The van der Waals surface area contributed by atoms with Crippen LogP contribution < -0.4 is 4.74 Å². The van der Waals surface area contributed by atoms with E-state index in [0.29, 0.717) is 11.1 Å². The maximum Gasteiger partial charge on any atom is 0.573 e. The Morgan fingerprint density at radius 1 is 0.689 bits per heavy atom. The van der Waals surface area contributed by atoms with E-state index >= 15 is 0 Å². The predicted molar refractivity (Wildman–Crippen MR) is 142 cm³/mol. The van der Waals surface area contributed by atoms with Gasteiger partial charge in [-0.2, -0.15) is 13.2 Å². The highest BCUT2D eigenvalue weighted by molar-refractivity contribution is 6.06. The number of hydrogen-bond acceptors (Lipinski definition) is 2. The smallest absolute Gasteiger partial charge is 0.405 e. The SMILES string of the molecule is [C-]#[N+]/C(C#N)=C1\c2cc(C)c(-c3cc(C)c(F)c(F)c3)cc2-c2cc(-c3cc(F)c(F)c(C(F)(F)F)c3)c(OC(F)(F)F)cc21. The average Bonchev–Trinajstić information content (AvgIpc) is 3.23. The van der Waals surface area contributed by atoms with Crippen LogP contribution in [0.1, 0.15) is 27.8 Å². The van der Waals surface area contributed by atoms with E-state index in [0.717, 1.165) is 18.2 Å². The highest BCUT2D eigenvalue weighted by atomic mass is 19.4. The first kappa shape index (κ1) is 31.1. The molecule has 0 aliphatic heterocycles. The van der Waals surface area contributed by atoms with Crippen LogP contribution in [0.25, 0.3) is 43.8 Å². The lowest BCUT2D eigenvalue weighted by Crippen LogP contribution is -2.18. The molecule has 1 aliphatic carbocycles. The van der Waals surface area contributed by atoms with Gasteiger partial charge < -0.3 is 4.74 Å². The van der Waals surface area contributed by atoms with Crippen molar-refractivity contribution in [3.05, 3.63) is 117 Å². The molecule has 0 fully saturated rings. The fourth-order valence-corrected chi connectivity index (χ4v) is 5.26. The number of nitrogens with zero attached hydrogens (tertiary/aromatic N) is 2. The lowest BCUT2D eigenvalue weighted by atomic mass is 9.92. The molecule has 0 unspecified atom stereocenters. The Balaban J connectivity index is 1.89. The normalized spacial score (nSPS) is 13.6. The number of allylic oxidation sites excluding steroid dienone is 1. The largest absolute Gasteiger partial charge is 0.573 e. The van der Waals surface area contributed by atoms with E-state index < -0.39 is 63.9 Å². The number of aryl methyl sites for hydroxylation is 2. The molecule has 228 valence electrons. The molecule has 0 N–H and O–H groups in total. The molecule has 4 aromatic rings. The lowest BCUT2D eigenvalue weighted by Gasteiger charge is -2.18. The first-order chi connectivity index (χ1) is 20.9. The van der Waals surface area contributed by atoms with Crippen molar-refractivity contribution in [2.24, 2.45) is 0 Å². The van der Waals surface area contributed by atoms with E-state index in [-0.39, 0.29) is 51.1 Å². The van der Waals surface area contributed by atoms with Gasteiger partial charge >= 0.3 is 12.5 Å². The van der Waals surface area contributed by atoms with E-state index in [1.165, 1.54) is 25.1 Å². The van der Waals surface area contributed by atoms with Crippen LogP contribution in [-0.4, -0.2) is 6.36 Å². The number of alkyl halides is 6. The molecule has 0 saturated heterocycles. The van der Waals surface area contributed by atoms with Crippen LogP contribution in [0.4, 0.5) is 43.9 Å². The number of rotatable bonds is 3. The monoisotopic (exact) mass is 632 g/mol. The van der Waals surface area contributed by atoms with Gasteiger partial charge in [0.25, 0.3) is 5.70 Å². The van der Waals surface area contributed by atoms with Crippen LogP contribution in [0.15, 0.2) is 54.2 Å². The number of benzene rings is 4. The van der Waals surface area contributed by atoms with Crippen molar-refractivity contribution in [3.63, 3.8) is 0 Å². The molecule has 0 spiro atoms. The number of fused-ring (bicyclic) bond motifs is 3. The van der Waals surface area contributed by atoms with E-state index in [2.05, 4.69) is 9.58 Å². The summed E-state index contributed by atoms with van der Waals surface area (Å²) in [7, 11) is 0. The van der Waals surface area contributed by atoms with Gasteiger partial charge in [-0.05, 0) is 106 Å². The van der Waals surface area contributed by atoms with Crippen molar-refractivity contribution < 1.29 is 48.6 Å². The summed E-state index contributed by atoms with van der Waals surface area (Å²) in [6.45, 7) is 10.4. The molecule has 0 amide bonds. The van der Waals surface area contributed by atoms with Crippen LogP contribution in [0.5, 0.6) is 5.75 Å². The second kappa shape index (κ2) is 10.7. The Kier molecular flexibility index (Phi) is 7.40. The number of ether oxygens (including phenoxy) is 1. The Morgan fingerprint density at radius 3 is 1.78 bits per heavy atom. The van der Waals surface area contributed by atoms with Crippen LogP contribution >= 0.6 is 0 Å². The van der Waals surface area contributed by atoms with Gasteiger partial charge in [-0.15, -0.1) is 13.2 Å². The Labute approximate surface area is 248 Å². The first-order valence-electron chi connectivity index (χ1n) is 12.6. The fourth-order valence-electron chi connectivity index (χ4n) is 5.26. The van der Waals surface area contributed by atoms with Crippen molar-refractivity contribution in [1.82, 2.24) is 0 Å². The van der Waals surface area contributed by atoms with Gasteiger partial charge in [0.1, 0.15) is 5.75 Å². The summed E-state index contributed by atoms with van der Waals surface area (Å²) in [4.78, 5) is 3.17. The van der Waals surface area contributed by atoms with Gasteiger partial charge in [-0.25, -0.2) is 27.7 Å². The molecule has 0 bridgehead atoms. The third-order valence-electron chi connectivity index (χ3n) is 7.16. The molecule has 4 aromatic carbocycles. The summed E-state index contributed by atoms with van der Waals surface area (Å²) in [5, 5.41) is 9.68. The van der Waals surface area contributed by atoms with Gasteiger partial charge in [0.05, 0.1) is 18.2 Å². The molecule has 1 aliphatic rings. The maximum atomic E-state index is 14.4. The van der Waals surface area contributed by atoms with E-state index in [4.69, 9.17) is 6.57 Å². The summed E-state index contributed by atoms with van der Waals surface area (Å²) < 4.78 is 142. The summed E-state index contributed by atoms with van der Waals surface area (Å²) in [6, 6.07) is 8.88. The molecule has 0 saturated carbocycles. The minimum absolute atomic E-state index is 0.0141. The average molecular weight is 632 g/mol. The van der Waals surface area contributed by atoms with Crippen molar-refractivity contribution in [3.8, 4) is 45.2 Å². The van der Waals surface area contributed by atoms with Crippen molar-refractivity contribution in [1.29, 1.82) is 5.26 Å². The Morgan fingerprint density at radius 2 is 1.24 bits per heavy atom. The second-order valence-electron chi connectivity index (χ2n) is 10.0. The lowest BCUT2D eigenvalue weighted by molar-refractivity contribution is -0.274. The molecule has 45 heavy (non-hydrogen) atoms. The molecule has 0 heterocycles. The van der Waals surface area contributed by atoms with Crippen molar-refractivity contribution in [2.45, 2.75) is 26.4 Å². The minimum atomic E-state index is -5.42. The quantitative estimate of drug-likeness (QED) is 0.113. The fraction of sp³-hybridized carbons (Fsp3) is 0.125. The summed E-state index contributed by atoms with van der Waals surface area (Å²) in [5.74, 6) is -7.64. The zero-order chi connectivity index (χ0) is 33.2. The molecule has 3 nitrogen and oxygen atoms in total. The standard InChI is InChI=1S/C32H14F10N2O/c1-13-5-21-19(9-17(13)15-4-14(2)29(35)24(33)7-15)20-10-18(16-6-23(31(37,38)39)30(36)25(34)8-16)27(45-32(40,41)42)11-22(20)28(21)26(12-43)44-3/h4-11H,1-2H3/b28-26+. The minimum Gasteiger partial charge on any atom is -0.405 e. The summed E-state index contributed by atoms with van der Waals surface area (Å²) in [6.07, 6.45) is -10.8. The zero-order valence-corrected chi connectivity index (χ0v) is 22.7. The molecule has 13 heteroatoms. The molecular weight excluding hydrogens is 618 g/mol. The van der Waals surface area contributed by atoms with Crippen LogP contribution in [0.3, 0.4) is 0 Å². The molecular formula is C32H14F10N2O. The van der Waals surface area contributed by atoms with Crippen LogP contribution in [0.2, 0.25) is 0 Å². The third-order valence-corrected chi connectivity index (χ3v) is 7.16. The van der Waals surface area contributed by atoms with Crippen LogP contribution in [-0.2, 0) is 6.18 Å². The second-order valence-corrected chi connectivity index (χ2v) is 10.0. The number of halogens is 10. The Hall–Kier alpha value is -5.30. The first-order valence-corrected chi connectivity index (χ1v) is 12.6. The van der Waals surface area contributed by atoms with E-state index in [1.807, 2.05) is 0 Å². The van der Waals surface area contributed by atoms with Gasteiger partial charge in [-0.3, -0.25) is 0 Å². The van der Waals surface area contributed by atoms with E-state index in [1.54, 1.807) is 13.0 Å². The predicted octanol–water partition coefficient (Wildman–Crippen LogP) is 10.3. The topological polar surface area (TPSA) is 37.4 Å². The molecule has 0 radical (unpaired) electrons. The number of nitriles is 1.